The Kier molecular flexibility index (Phi) is 3.35. The Morgan fingerprint density at radius 1 is 1.08 bits per heavy atom. The smallest absolute Gasteiger partial charge is 0.231 e. The number of aliphatic hydroxyl groups is 1. The predicted octanol–water partition coefficient (Wildman–Crippen LogP) is 3.29. The van der Waals surface area contributed by atoms with Crippen molar-refractivity contribution in [3.05, 3.63) is 47.5 Å². The molecule has 2 aromatic rings. The van der Waals surface area contributed by atoms with Crippen molar-refractivity contribution in [3.8, 4) is 23.0 Å². The van der Waals surface area contributed by atoms with Gasteiger partial charge in [0.2, 0.25) is 12.6 Å². The van der Waals surface area contributed by atoms with Gasteiger partial charge in [-0.05, 0) is 12.1 Å². The minimum Gasteiger partial charge on any atom is -0.496 e. The van der Waals surface area contributed by atoms with Gasteiger partial charge in [0, 0.05) is 36.0 Å². The monoisotopic (exact) mass is 328 g/mol. The lowest BCUT2D eigenvalue weighted by Gasteiger charge is -2.42. The van der Waals surface area contributed by atoms with Crippen molar-refractivity contribution in [1.82, 2.24) is 0 Å². The molecule has 0 unspecified atom stereocenters. The predicted molar refractivity (Wildman–Crippen MR) is 87.8 cm³/mol. The van der Waals surface area contributed by atoms with E-state index in [1.165, 1.54) is 0 Å². The van der Waals surface area contributed by atoms with E-state index in [-0.39, 0.29) is 18.6 Å². The molecule has 3 atom stereocenters. The van der Waals surface area contributed by atoms with E-state index in [0.29, 0.717) is 17.2 Å². The molecule has 1 N–H and O–H groups in total. The second-order valence-electron chi connectivity index (χ2n) is 6.41. The highest BCUT2D eigenvalue weighted by Crippen LogP contribution is 2.52. The van der Waals surface area contributed by atoms with Crippen molar-refractivity contribution < 1.29 is 24.1 Å². The number of rotatable bonds is 2. The summed E-state index contributed by atoms with van der Waals surface area (Å²) in [4.78, 5) is 0. The van der Waals surface area contributed by atoms with E-state index >= 15 is 0 Å². The Morgan fingerprint density at radius 3 is 2.54 bits per heavy atom. The van der Waals surface area contributed by atoms with Gasteiger partial charge in [-0.3, -0.25) is 0 Å². The molecule has 2 aromatic carbocycles. The van der Waals surface area contributed by atoms with E-state index < -0.39 is 5.79 Å². The summed E-state index contributed by atoms with van der Waals surface area (Å²) in [5.74, 6) is 1.17. The third-order valence-electron chi connectivity index (χ3n) is 4.98. The number of fused-ring (bicyclic) bond motifs is 2. The second kappa shape index (κ2) is 5.31. The molecule has 24 heavy (non-hydrogen) atoms. The zero-order chi connectivity index (χ0) is 16.9. The van der Waals surface area contributed by atoms with Gasteiger partial charge in [-0.25, -0.2) is 0 Å². The summed E-state index contributed by atoms with van der Waals surface area (Å²) in [5, 5.41) is 10.8. The van der Waals surface area contributed by atoms with Crippen LogP contribution in [0.4, 0.5) is 0 Å². The van der Waals surface area contributed by atoms with Crippen LogP contribution < -0.4 is 18.9 Å². The summed E-state index contributed by atoms with van der Waals surface area (Å²) in [6.45, 7) is 3.86. The Hall–Kier alpha value is -2.40. The molecular formula is C19H20O5. The second-order valence-corrected chi connectivity index (χ2v) is 6.41. The molecule has 0 bridgehead atoms. The fourth-order valence-corrected chi connectivity index (χ4v) is 3.52. The summed E-state index contributed by atoms with van der Waals surface area (Å²) in [6.07, 6.45) is 0. The van der Waals surface area contributed by atoms with Crippen LogP contribution in [0.25, 0.3) is 0 Å². The third-order valence-corrected chi connectivity index (χ3v) is 4.98. The molecule has 5 heteroatoms. The van der Waals surface area contributed by atoms with E-state index in [2.05, 4.69) is 0 Å². The van der Waals surface area contributed by atoms with E-state index in [4.69, 9.17) is 18.9 Å². The fourth-order valence-electron chi connectivity index (χ4n) is 3.52. The van der Waals surface area contributed by atoms with Gasteiger partial charge in [0.1, 0.15) is 11.5 Å². The van der Waals surface area contributed by atoms with Gasteiger partial charge >= 0.3 is 0 Å². The van der Waals surface area contributed by atoms with Crippen LogP contribution in [-0.2, 0) is 0 Å². The highest BCUT2D eigenvalue weighted by molar-refractivity contribution is 5.57. The largest absolute Gasteiger partial charge is 0.496 e. The van der Waals surface area contributed by atoms with Gasteiger partial charge in [0.25, 0.3) is 0 Å². The molecule has 0 amide bonds. The first-order valence-electron chi connectivity index (χ1n) is 7.99. The Morgan fingerprint density at radius 2 is 1.79 bits per heavy atom. The molecule has 2 aliphatic rings. The number of ether oxygens (including phenoxy) is 4. The summed E-state index contributed by atoms with van der Waals surface area (Å²) in [7, 11) is 1.65. The maximum Gasteiger partial charge on any atom is 0.231 e. The minimum atomic E-state index is -1.30. The average Bonchev–Trinajstić information content (AvgIpc) is 3.01. The maximum absolute atomic E-state index is 10.8. The number of para-hydroxylation sites is 1. The lowest BCUT2D eigenvalue weighted by atomic mass is 9.75. The number of hydrogen-bond acceptors (Lipinski definition) is 5. The van der Waals surface area contributed by atoms with Crippen LogP contribution in [0, 0.1) is 5.92 Å². The van der Waals surface area contributed by atoms with E-state index in [0.717, 1.165) is 16.9 Å². The molecule has 0 spiro atoms. The van der Waals surface area contributed by atoms with Gasteiger partial charge in [-0.1, -0.05) is 25.1 Å². The molecule has 4 rings (SSSR count). The molecule has 5 nitrogen and oxygen atoms in total. The Labute approximate surface area is 140 Å². The molecule has 126 valence electrons. The van der Waals surface area contributed by atoms with Crippen molar-refractivity contribution in [2.24, 2.45) is 5.92 Å². The topological polar surface area (TPSA) is 57.2 Å². The molecule has 0 fully saturated rings. The quantitative estimate of drug-likeness (QED) is 0.917. The zero-order valence-electron chi connectivity index (χ0n) is 13.9. The van der Waals surface area contributed by atoms with E-state index in [1.54, 1.807) is 20.1 Å². The van der Waals surface area contributed by atoms with Crippen molar-refractivity contribution in [3.63, 3.8) is 0 Å². The highest BCUT2D eigenvalue weighted by atomic mass is 16.7. The molecule has 0 saturated heterocycles. The fraction of sp³-hybridized carbons (Fsp3) is 0.368. The van der Waals surface area contributed by atoms with Crippen LogP contribution in [0.3, 0.4) is 0 Å². The van der Waals surface area contributed by atoms with Gasteiger partial charge in [-0.2, -0.15) is 0 Å². The summed E-state index contributed by atoms with van der Waals surface area (Å²) in [6, 6.07) is 11.6. The molecule has 2 heterocycles. The minimum absolute atomic E-state index is 0.0885. The molecule has 0 aliphatic carbocycles. The molecular weight excluding hydrogens is 308 g/mol. The zero-order valence-corrected chi connectivity index (χ0v) is 13.9. The van der Waals surface area contributed by atoms with E-state index in [9.17, 15) is 5.11 Å². The molecule has 0 radical (unpaired) electrons. The standard InChI is InChI=1S/C19H20O5/c1-11-18(12-6-4-5-7-14(12)21-3)13-8-16-17(23-10-22-16)9-15(13)24-19(11,2)20/h4-9,11,18,20H,10H2,1-3H3/t11-,18+,19-/m0/s1. The number of hydrogen-bond donors (Lipinski definition) is 1. The van der Waals surface area contributed by atoms with Crippen LogP contribution in [0.5, 0.6) is 23.0 Å². The number of methoxy groups -OCH3 is 1. The Balaban J connectivity index is 1.93. The molecule has 2 aliphatic heterocycles. The normalized spacial score (nSPS) is 27.3. The highest BCUT2D eigenvalue weighted by Gasteiger charge is 2.45. The Bertz CT molecular complexity index is 783. The SMILES string of the molecule is COc1ccccc1[C@@H]1c2cc3c(cc2O[C@](C)(O)[C@H]1C)OCO3. The first-order chi connectivity index (χ1) is 11.5. The van der Waals surface area contributed by atoms with E-state index in [1.807, 2.05) is 37.3 Å². The lowest BCUT2D eigenvalue weighted by Crippen LogP contribution is -2.45. The van der Waals surface area contributed by atoms with Gasteiger partial charge < -0.3 is 24.1 Å². The molecule has 0 saturated carbocycles. The summed E-state index contributed by atoms with van der Waals surface area (Å²) >= 11 is 0. The third kappa shape index (κ3) is 2.19. The van der Waals surface area contributed by atoms with Gasteiger partial charge in [-0.15, -0.1) is 0 Å². The van der Waals surface area contributed by atoms with Crippen LogP contribution in [0.2, 0.25) is 0 Å². The lowest BCUT2D eigenvalue weighted by molar-refractivity contribution is -0.171. The van der Waals surface area contributed by atoms with Crippen LogP contribution in [-0.4, -0.2) is 24.8 Å². The molecule has 0 aromatic heterocycles. The van der Waals surface area contributed by atoms with Crippen molar-refractivity contribution in [2.45, 2.75) is 25.6 Å². The van der Waals surface area contributed by atoms with Crippen LogP contribution >= 0.6 is 0 Å². The van der Waals surface area contributed by atoms with Crippen LogP contribution in [0.1, 0.15) is 30.9 Å². The first-order valence-corrected chi connectivity index (χ1v) is 7.99. The number of benzene rings is 2. The first kappa shape index (κ1) is 15.1. The van der Waals surface area contributed by atoms with Gasteiger partial charge in [0.05, 0.1) is 7.11 Å². The van der Waals surface area contributed by atoms with Gasteiger partial charge in [0.15, 0.2) is 11.5 Å². The maximum atomic E-state index is 10.8. The average molecular weight is 328 g/mol. The summed E-state index contributed by atoms with van der Waals surface area (Å²) < 4.78 is 22.4. The van der Waals surface area contributed by atoms with Crippen molar-refractivity contribution in [2.75, 3.05) is 13.9 Å². The van der Waals surface area contributed by atoms with Crippen molar-refractivity contribution in [1.29, 1.82) is 0 Å². The van der Waals surface area contributed by atoms with Crippen LogP contribution in [0.15, 0.2) is 36.4 Å². The van der Waals surface area contributed by atoms with Crippen molar-refractivity contribution >= 4 is 0 Å². The summed E-state index contributed by atoms with van der Waals surface area (Å²) in [5.41, 5.74) is 1.97.